The van der Waals surface area contributed by atoms with Gasteiger partial charge in [-0.15, -0.1) is 5.10 Å². The van der Waals surface area contributed by atoms with Crippen molar-refractivity contribution in [2.45, 2.75) is 6.92 Å². The molecule has 0 unspecified atom stereocenters. The minimum Gasteiger partial charge on any atom is -0.497 e. The molecule has 1 aromatic heterocycles. The molecular weight excluding hydrogens is 234 g/mol. The Morgan fingerprint density at radius 1 is 1.33 bits per heavy atom. The number of methoxy groups -OCH3 is 2. The summed E-state index contributed by atoms with van der Waals surface area (Å²) in [6.45, 7) is 1.93. The molecule has 18 heavy (non-hydrogen) atoms. The Morgan fingerprint density at radius 3 is 2.72 bits per heavy atom. The Bertz CT molecular complexity index is 578. The maximum absolute atomic E-state index is 11.3. The van der Waals surface area contributed by atoms with Gasteiger partial charge in [0.25, 0.3) is 0 Å². The smallest absolute Gasteiger partial charge is 0.360 e. The van der Waals surface area contributed by atoms with Gasteiger partial charge in [-0.1, -0.05) is 5.21 Å². The first-order valence-electron chi connectivity index (χ1n) is 5.31. The monoisotopic (exact) mass is 247 g/mol. The van der Waals surface area contributed by atoms with Gasteiger partial charge in [-0.05, 0) is 30.7 Å². The zero-order valence-electron chi connectivity index (χ0n) is 10.4. The van der Waals surface area contributed by atoms with Crippen LogP contribution in [0.4, 0.5) is 0 Å². The summed E-state index contributed by atoms with van der Waals surface area (Å²) < 4.78 is 11.2. The molecule has 0 aliphatic carbocycles. The number of nitrogens with zero attached hydrogens (tertiary/aromatic N) is 3. The number of rotatable bonds is 3. The van der Waals surface area contributed by atoms with Crippen LogP contribution in [0.2, 0.25) is 0 Å². The van der Waals surface area contributed by atoms with Crippen LogP contribution in [0.3, 0.4) is 0 Å². The second kappa shape index (κ2) is 4.87. The lowest BCUT2D eigenvalue weighted by Crippen LogP contribution is -2.01. The molecule has 6 nitrogen and oxygen atoms in total. The molecule has 1 heterocycles. The Morgan fingerprint density at radius 2 is 2.11 bits per heavy atom. The Labute approximate surface area is 104 Å². The summed E-state index contributed by atoms with van der Waals surface area (Å²) in [4.78, 5) is 11.3. The van der Waals surface area contributed by atoms with Crippen molar-refractivity contribution < 1.29 is 14.3 Å². The first-order chi connectivity index (χ1) is 8.65. The van der Waals surface area contributed by atoms with Crippen LogP contribution in [0.15, 0.2) is 24.4 Å². The third kappa shape index (κ3) is 2.17. The minimum atomic E-state index is -0.507. The topological polar surface area (TPSA) is 66.2 Å². The summed E-state index contributed by atoms with van der Waals surface area (Å²) in [5.41, 5.74) is 1.97. The summed E-state index contributed by atoms with van der Waals surface area (Å²) in [7, 11) is 2.92. The van der Waals surface area contributed by atoms with E-state index in [9.17, 15) is 4.79 Å². The third-order valence-electron chi connectivity index (χ3n) is 2.54. The number of carbonyl (C=O) groups excluding carboxylic acids is 1. The van der Waals surface area contributed by atoms with Crippen LogP contribution in [0, 0.1) is 6.92 Å². The van der Waals surface area contributed by atoms with E-state index in [1.807, 2.05) is 25.1 Å². The van der Waals surface area contributed by atoms with Crippen LogP contribution in [-0.2, 0) is 4.74 Å². The fourth-order valence-corrected chi connectivity index (χ4v) is 1.59. The van der Waals surface area contributed by atoms with Crippen molar-refractivity contribution in [1.82, 2.24) is 15.0 Å². The van der Waals surface area contributed by atoms with Gasteiger partial charge in [0.05, 0.1) is 26.1 Å². The highest BCUT2D eigenvalue weighted by atomic mass is 16.5. The van der Waals surface area contributed by atoms with E-state index < -0.39 is 5.97 Å². The molecule has 0 fully saturated rings. The molecule has 0 saturated carbocycles. The van der Waals surface area contributed by atoms with Gasteiger partial charge in [0.15, 0.2) is 5.69 Å². The highest BCUT2D eigenvalue weighted by Crippen LogP contribution is 2.19. The van der Waals surface area contributed by atoms with Gasteiger partial charge in [0, 0.05) is 0 Å². The van der Waals surface area contributed by atoms with Crippen LogP contribution in [-0.4, -0.2) is 35.2 Å². The van der Waals surface area contributed by atoms with E-state index in [2.05, 4.69) is 15.0 Å². The number of esters is 1. The van der Waals surface area contributed by atoms with Crippen LogP contribution >= 0.6 is 0 Å². The molecule has 1 aromatic carbocycles. The van der Waals surface area contributed by atoms with Crippen LogP contribution in [0.25, 0.3) is 5.69 Å². The van der Waals surface area contributed by atoms with Gasteiger partial charge < -0.3 is 9.47 Å². The molecule has 0 aliphatic rings. The molecule has 0 N–H and O–H groups in total. The fraction of sp³-hybridized carbons (Fsp3) is 0.250. The molecular formula is C12H13N3O3. The van der Waals surface area contributed by atoms with E-state index in [4.69, 9.17) is 4.74 Å². The zero-order chi connectivity index (χ0) is 13.1. The molecule has 6 heteroatoms. The largest absolute Gasteiger partial charge is 0.497 e. The van der Waals surface area contributed by atoms with Crippen molar-refractivity contribution in [3.63, 3.8) is 0 Å². The lowest BCUT2D eigenvalue weighted by Gasteiger charge is -2.06. The molecule has 0 spiro atoms. The number of benzene rings is 1. The van der Waals surface area contributed by atoms with Crippen molar-refractivity contribution in [2.24, 2.45) is 0 Å². The van der Waals surface area contributed by atoms with Crippen molar-refractivity contribution in [2.75, 3.05) is 14.2 Å². The molecule has 0 bridgehead atoms. The van der Waals surface area contributed by atoms with Crippen LogP contribution < -0.4 is 4.74 Å². The molecule has 2 aromatic rings. The van der Waals surface area contributed by atoms with Crippen molar-refractivity contribution >= 4 is 5.97 Å². The van der Waals surface area contributed by atoms with Crippen molar-refractivity contribution in [3.05, 3.63) is 35.7 Å². The first kappa shape index (κ1) is 12.1. The normalized spacial score (nSPS) is 10.2. The van der Waals surface area contributed by atoms with Gasteiger partial charge in [-0.3, -0.25) is 0 Å². The number of hydrogen-bond donors (Lipinski definition) is 0. The number of ether oxygens (including phenoxy) is 2. The van der Waals surface area contributed by atoms with Gasteiger partial charge in [0.1, 0.15) is 5.75 Å². The molecule has 0 atom stereocenters. The van der Waals surface area contributed by atoms with E-state index in [1.54, 1.807) is 7.11 Å². The molecule has 0 saturated heterocycles. The van der Waals surface area contributed by atoms with Gasteiger partial charge in [0.2, 0.25) is 0 Å². The summed E-state index contributed by atoms with van der Waals surface area (Å²) in [5.74, 6) is 0.261. The highest BCUT2D eigenvalue weighted by molar-refractivity contribution is 5.86. The quantitative estimate of drug-likeness (QED) is 0.766. The van der Waals surface area contributed by atoms with Crippen molar-refractivity contribution in [3.8, 4) is 11.4 Å². The number of aromatic nitrogens is 3. The van der Waals surface area contributed by atoms with Gasteiger partial charge >= 0.3 is 5.97 Å². The summed E-state index contributed by atoms with van der Waals surface area (Å²) in [5, 5.41) is 7.65. The van der Waals surface area contributed by atoms with Gasteiger partial charge in [-0.2, -0.15) is 0 Å². The van der Waals surface area contributed by atoms with Crippen LogP contribution in [0.1, 0.15) is 16.1 Å². The number of aryl methyl sites for hydroxylation is 1. The zero-order valence-corrected chi connectivity index (χ0v) is 10.4. The predicted octanol–water partition coefficient (Wildman–Crippen LogP) is 1.37. The highest BCUT2D eigenvalue weighted by Gasteiger charge is 2.12. The van der Waals surface area contributed by atoms with E-state index in [1.165, 1.54) is 18.0 Å². The fourth-order valence-electron chi connectivity index (χ4n) is 1.59. The molecule has 2 rings (SSSR count). The Hall–Kier alpha value is -2.37. The van der Waals surface area contributed by atoms with E-state index in [0.29, 0.717) is 0 Å². The second-order valence-electron chi connectivity index (χ2n) is 3.69. The Balaban J connectivity index is 2.37. The molecule has 0 amide bonds. The van der Waals surface area contributed by atoms with E-state index in [0.717, 1.165) is 17.0 Å². The SMILES string of the molecule is COC(=O)c1cn(-c2ccc(OC)cc2C)nn1. The third-order valence-corrected chi connectivity index (χ3v) is 2.54. The van der Waals surface area contributed by atoms with Crippen LogP contribution in [0.5, 0.6) is 5.75 Å². The number of hydrogen-bond acceptors (Lipinski definition) is 5. The summed E-state index contributed by atoms with van der Waals surface area (Å²) in [6.07, 6.45) is 1.53. The minimum absolute atomic E-state index is 0.174. The average Bonchev–Trinajstić information content (AvgIpc) is 2.87. The summed E-state index contributed by atoms with van der Waals surface area (Å²) in [6, 6.07) is 5.56. The Kier molecular flexibility index (Phi) is 3.27. The lowest BCUT2D eigenvalue weighted by molar-refractivity contribution is 0.0594. The lowest BCUT2D eigenvalue weighted by atomic mass is 10.2. The first-order valence-corrected chi connectivity index (χ1v) is 5.31. The molecule has 94 valence electrons. The molecule has 0 radical (unpaired) electrons. The maximum atomic E-state index is 11.3. The number of carbonyl (C=O) groups is 1. The van der Waals surface area contributed by atoms with Crippen molar-refractivity contribution in [1.29, 1.82) is 0 Å². The summed E-state index contributed by atoms with van der Waals surface area (Å²) >= 11 is 0. The molecule has 0 aliphatic heterocycles. The van der Waals surface area contributed by atoms with E-state index >= 15 is 0 Å². The van der Waals surface area contributed by atoms with Gasteiger partial charge in [-0.25, -0.2) is 9.48 Å². The second-order valence-corrected chi connectivity index (χ2v) is 3.69. The predicted molar refractivity (Wildman–Crippen MR) is 64.0 cm³/mol. The average molecular weight is 247 g/mol. The standard InChI is InChI=1S/C12H13N3O3/c1-8-6-9(17-2)4-5-11(8)15-7-10(13-14-15)12(16)18-3/h4-7H,1-3H3. The maximum Gasteiger partial charge on any atom is 0.360 e. The van der Waals surface area contributed by atoms with E-state index in [-0.39, 0.29) is 5.69 Å².